The Bertz CT molecular complexity index is 588. The molecule has 3 rings (SSSR count). The van der Waals surface area contributed by atoms with E-state index < -0.39 is 0 Å². The molecule has 6 heteroatoms. The smallest absolute Gasteiger partial charge is 0.317 e. The molecule has 1 aromatic carbocycles. The van der Waals surface area contributed by atoms with Crippen LogP contribution in [0.5, 0.6) is 0 Å². The third kappa shape index (κ3) is 3.99. The fraction of sp³-hybridized carbons (Fsp3) is 0.556. The summed E-state index contributed by atoms with van der Waals surface area (Å²) < 4.78 is 0. The van der Waals surface area contributed by atoms with Gasteiger partial charge in [-0.15, -0.1) is 0 Å². The molecule has 2 aliphatic rings. The predicted octanol–water partition coefficient (Wildman–Crippen LogP) is 1.52. The Kier molecular flexibility index (Phi) is 4.92. The zero-order chi connectivity index (χ0) is 17.1. The van der Waals surface area contributed by atoms with Gasteiger partial charge in [0.05, 0.1) is 0 Å². The molecular weight excluding hydrogens is 304 g/mol. The van der Waals surface area contributed by atoms with Gasteiger partial charge in [-0.1, -0.05) is 12.1 Å². The van der Waals surface area contributed by atoms with Crippen LogP contribution in [-0.4, -0.2) is 62.0 Å². The lowest BCUT2D eigenvalue weighted by Gasteiger charge is -2.34. The summed E-state index contributed by atoms with van der Waals surface area (Å²) in [6.45, 7) is 3.06. The van der Waals surface area contributed by atoms with Gasteiger partial charge in [0.1, 0.15) is 0 Å². The lowest BCUT2D eigenvalue weighted by atomic mass is 10.2. The van der Waals surface area contributed by atoms with Crippen LogP contribution >= 0.6 is 0 Å². The largest absolute Gasteiger partial charge is 0.378 e. The molecule has 1 heterocycles. The standard InChI is InChI=1S/C18H26N4O2/c1-20(2)16-7-3-14(4-8-16)13-19-18(24)22-11-9-21(10-12-22)17(23)15-5-6-15/h3-4,7-8,15H,5-6,9-13H2,1-2H3,(H,19,24). The van der Waals surface area contributed by atoms with Crippen molar-refractivity contribution in [1.82, 2.24) is 15.1 Å². The first kappa shape index (κ1) is 16.6. The van der Waals surface area contributed by atoms with E-state index in [9.17, 15) is 9.59 Å². The topological polar surface area (TPSA) is 55.9 Å². The predicted molar refractivity (Wildman–Crippen MR) is 93.9 cm³/mol. The second kappa shape index (κ2) is 7.11. The molecule has 0 spiro atoms. The van der Waals surface area contributed by atoms with E-state index in [1.54, 1.807) is 4.90 Å². The van der Waals surface area contributed by atoms with Gasteiger partial charge >= 0.3 is 6.03 Å². The Balaban J connectivity index is 1.43. The van der Waals surface area contributed by atoms with Gasteiger partial charge in [0.25, 0.3) is 0 Å². The van der Waals surface area contributed by atoms with Crippen molar-refractivity contribution in [2.24, 2.45) is 5.92 Å². The number of amides is 3. The fourth-order valence-corrected chi connectivity index (χ4v) is 2.92. The van der Waals surface area contributed by atoms with Crippen molar-refractivity contribution in [1.29, 1.82) is 0 Å². The maximum absolute atomic E-state index is 12.3. The highest BCUT2D eigenvalue weighted by molar-refractivity contribution is 5.81. The molecule has 1 aromatic rings. The Morgan fingerprint density at radius 3 is 2.17 bits per heavy atom. The number of nitrogens with zero attached hydrogens (tertiary/aromatic N) is 3. The highest BCUT2D eigenvalue weighted by atomic mass is 16.2. The lowest BCUT2D eigenvalue weighted by molar-refractivity contribution is -0.133. The van der Waals surface area contributed by atoms with Crippen LogP contribution < -0.4 is 10.2 Å². The number of rotatable bonds is 4. The van der Waals surface area contributed by atoms with Crippen LogP contribution in [0.1, 0.15) is 18.4 Å². The first-order chi connectivity index (χ1) is 11.5. The molecule has 0 aromatic heterocycles. The first-order valence-electron chi connectivity index (χ1n) is 8.62. The van der Waals surface area contributed by atoms with Crippen LogP contribution in [0.3, 0.4) is 0 Å². The lowest BCUT2D eigenvalue weighted by Crippen LogP contribution is -2.53. The van der Waals surface area contributed by atoms with Crippen LogP contribution in [0.25, 0.3) is 0 Å². The minimum absolute atomic E-state index is 0.0507. The molecular formula is C18H26N4O2. The molecule has 6 nitrogen and oxygen atoms in total. The molecule has 1 N–H and O–H groups in total. The molecule has 1 aliphatic carbocycles. The number of benzene rings is 1. The van der Waals surface area contributed by atoms with Gasteiger partial charge in [-0.05, 0) is 30.5 Å². The molecule has 24 heavy (non-hydrogen) atoms. The molecule has 0 bridgehead atoms. The van der Waals surface area contributed by atoms with E-state index >= 15 is 0 Å². The van der Waals surface area contributed by atoms with Crippen molar-refractivity contribution in [3.8, 4) is 0 Å². The van der Waals surface area contributed by atoms with E-state index in [1.165, 1.54) is 0 Å². The van der Waals surface area contributed by atoms with Gasteiger partial charge in [0.15, 0.2) is 0 Å². The number of urea groups is 1. The summed E-state index contributed by atoms with van der Waals surface area (Å²) in [5, 5.41) is 2.97. The average Bonchev–Trinajstić information content (AvgIpc) is 3.44. The highest BCUT2D eigenvalue weighted by Gasteiger charge is 2.35. The quantitative estimate of drug-likeness (QED) is 0.911. The molecule has 2 fully saturated rings. The third-order valence-electron chi connectivity index (χ3n) is 4.70. The highest BCUT2D eigenvalue weighted by Crippen LogP contribution is 2.31. The fourth-order valence-electron chi connectivity index (χ4n) is 2.92. The summed E-state index contributed by atoms with van der Waals surface area (Å²) in [5.41, 5.74) is 2.22. The Morgan fingerprint density at radius 1 is 1.04 bits per heavy atom. The van der Waals surface area contributed by atoms with Crippen LogP contribution in [0.2, 0.25) is 0 Å². The van der Waals surface area contributed by atoms with Crippen molar-refractivity contribution in [3.63, 3.8) is 0 Å². The SMILES string of the molecule is CN(C)c1ccc(CNC(=O)N2CCN(C(=O)C3CC3)CC2)cc1. The van der Waals surface area contributed by atoms with Crippen LogP contribution in [0.4, 0.5) is 10.5 Å². The van der Waals surface area contributed by atoms with Gasteiger partial charge in [-0.2, -0.15) is 0 Å². The normalized spacial score (nSPS) is 17.6. The number of nitrogens with one attached hydrogen (secondary N) is 1. The summed E-state index contributed by atoms with van der Waals surface area (Å²) >= 11 is 0. The van der Waals surface area contributed by atoms with Crippen molar-refractivity contribution < 1.29 is 9.59 Å². The third-order valence-corrected chi connectivity index (χ3v) is 4.70. The summed E-state index contributed by atoms with van der Waals surface area (Å²) in [5.74, 6) is 0.534. The number of piperazine rings is 1. The molecule has 1 aliphatic heterocycles. The van der Waals surface area contributed by atoms with E-state index in [0.29, 0.717) is 32.7 Å². The van der Waals surface area contributed by atoms with Crippen molar-refractivity contribution in [2.75, 3.05) is 45.2 Å². The second-order valence-corrected chi connectivity index (χ2v) is 6.81. The summed E-state index contributed by atoms with van der Waals surface area (Å²) in [7, 11) is 4.01. The Morgan fingerprint density at radius 2 is 1.62 bits per heavy atom. The zero-order valence-electron chi connectivity index (χ0n) is 14.5. The molecule has 0 atom stereocenters. The molecule has 1 saturated heterocycles. The van der Waals surface area contributed by atoms with Crippen molar-refractivity contribution in [2.45, 2.75) is 19.4 Å². The Labute approximate surface area is 143 Å². The number of hydrogen-bond acceptors (Lipinski definition) is 3. The van der Waals surface area contributed by atoms with Crippen molar-refractivity contribution in [3.05, 3.63) is 29.8 Å². The maximum Gasteiger partial charge on any atom is 0.317 e. The van der Waals surface area contributed by atoms with Gasteiger partial charge in [-0.25, -0.2) is 4.79 Å². The monoisotopic (exact) mass is 330 g/mol. The first-order valence-corrected chi connectivity index (χ1v) is 8.62. The van der Waals surface area contributed by atoms with Crippen molar-refractivity contribution >= 4 is 17.6 Å². The number of anilines is 1. The minimum Gasteiger partial charge on any atom is -0.378 e. The number of carbonyl (C=O) groups excluding carboxylic acids is 2. The summed E-state index contributed by atoms with van der Waals surface area (Å²) in [6, 6.07) is 8.10. The number of carbonyl (C=O) groups is 2. The van der Waals surface area contributed by atoms with Gasteiger partial charge in [0.2, 0.25) is 5.91 Å². The summed E-state index contributed by atoms with van der Waals surface area (Å²) in [6.07, 6.45) is 2.07. The number of hydrogen-bond donors (Lipinski definition) is 1. The molecule has 130 valence electrons. The maximum atomic E-state index is 12.3. The average molecular weight is 330 g/mol. The van der Waals surface area contributed by atoms with Gasteiger partial charge in [0, 0.05) is 58.4 Å². The van der Waals surface area contributed by atoms with E-state index in [-0.39, 0.29) is 17.9 Å². The molecule has 0 unspecified atom stereocenters. The van der Waals surface area contributed by atoms with Crippen LogP contribution in [0.15, 0.2) is 24.3 Å². The van der Waals surface area contributed by atoms with E-state index in [4.69, 9.17) is 0 Å². The molecule has 1 saturated carbocycles. The van der Waals surface area contributed by atoms with E-state index in [0.717, 1.165) is 24.1 Å². The molecule has 3 amide bonds. The van der Waals surface area contributed by atoms with Gasteiger partial charge < -0.3 is 20.0 Å². The van der Waals surface area contributed by atoms with Gasteiger partial charge in [-0.3, -0.25) is 4.79 Å². The van der Waals surface area contributed by atoms with Crippen LogP contribution in [0, 0.1) is 5.92 Å². The van der Waals surface area contributed by atoms with Crippen LogP contribution in [-0.2, 0) is 11.3 Å². The Hall–Kier alpha value is -2.24. The second-order valence-electron chi connectivity index (χ2n) is 6.81. The minimum atomic E-state index is -0.0507. The molecule has 0 radical (unpaired) electrons. The zero-order valence-corrected chi connectivity index (χ0v) is 14.5. The van der Waals surface area contributed by atoms with E-state index in [2.05, 4.69) is 5.32 Å². The van der Waals surface area contributed by atoms with E-state index in [1.807, 2.05) is 48.2 Å². The summed E-state index contributed by atoms with van der Waals surface area (Å²) in [4.78, 5) is 30.0.